The Labute approximate surface area is 126 Å². The van der Waals surface area contributed by atoms with Crippen LogP contribution in [-0.4, -0.2) is 16.3 Å². The van der Waals surface area contributed by atoms with Gasteiger partial charge in [0.15, 0.2) is 5.69 Å². The topological polar surface area (TPSA) is 58.6 Å². The summed E-state index contributed by atoms with van der Waals surface area (Å²) in [6.07, 6.45) is 1.34. The number of halogens is 1. The molecule has 1 aromatic heterocycles. The summed E-state index contributed by atoms with van der Waals surface area (Å²) in [6, 6.07) is 13.4. The van der Waals surface area contributed by atoms with Crippen LogP contribution in [0.15, 0.2) is 57.9 Å². The van der Waals surface area contributed by atoms with Crippen molar-refractivity contribution in [2.24, 2.45) is 4.99 Å². The maximum atomic E-state index is 13.1. The Bertz CT molecular complexity index is 823. The van der Waals surface area contributed by atoms with Crippen molar-refractivity contribution in [3.63, 3.8) is 0 Å². The highest BCUT2D eigenvalue weighted by Crippen LogP contribution is 2.26. The molecule has 1 heterocycles. The van der Waals surface area contributed by atoms with Crippen molar-refractivity contribution in [2.45, 2.75) is 6.92 Å². The highest BCUT2D eigenvalue weighted by atomic mass is 19.1. The number of hydrogen-bond donors (Lipinski definition) is 1. The Balaban J connectivity index is 1.88. The van der Waals surface area contributed by atoms with Gasteiger partial charge in [-0.1, -0.05) is 23.8 Å². The quantitative estimate of drug-likeness (QED) is 0.735. The van der Waals surface area contributed by atoms with E-state index in [1.165, 1.54) is 18.3 Å². The molecule has 0 aliphatic rings. The van der Waals surface area contributed by atoms with Gasteiger partial charge in [0.2, 0.25) is 5.89 Å². The number of aromatic nitrogens is 1. The zero-order chi connectivity index (χ0) is 15.5. The summed E-state index contributed by atoms with van der Waals surface area (Å²) in [4.78, 5) is 8.26. The van der Waals surface area contributed by atoms with E-state index in [0.717, 1.165) is 11.1 Å². The normalized spacial score (nSPS) is 11.2. The summed E-state index contributed by atoms with van der Waals surface area (Å²) in [5.74, 6) is -0.395. The van der Waals surface area contributed by atoms with E-state index in [2.05, 4.69) is 9.98 Å². The third-order valence-corrected chi connectivity index (χ3v) is 3.08. The monoisotopic (exact) mass is 296 g/mol. The minimum absolute atomic E-state index is 0.194. The average molecular weight is 296 g/mol. The zero-order valence-electron chi connectivity index (χ0n) is 11.8. The highest BCUT2D eigenvalue weighted by Gasteiger charge is 2.12. The van der Waals surface area contributed by atoms with Gasteiger partial charge in [0.1, 0.15) is 5.82 Å². The van der Waals surface area contributed by atoms with Gasteiger partial charge in [-0.3, -0.25) is 4.99 Å². The molecular weight excluding hydrogens is 283 g/mol. The Morgan fingerprint density at radius 1 is 1.18 bits per heavy atom. The molecule has 110 valence electrons. The summed E-state index contributed by atoms with van der Waals surface area (Å²) in [5.41, 5.74) is 2.50. The van der Waals surface area contributed by atoms with Crippen molar-refractivity contribution in [1.29, 1.82) is 0 Å². The van der Waals surface area contributed by atoms with E-state index in [-0.39, 0.29) is 17.5 Å². The number of oxazole rings is 1. The van der Waals surface area contributed by atoms with E-state index in [0.29, 0.717) is 11.6 Å². The lowest BCUT2D eigenvalue weighted by Crippen LogP contribution is -1.83. The molecule has 0 fully saturated rings. The van der Waals surface area contributed by atoms with Crippen LogP contribution in [-0.2, 0) is 0 Å². The molecule has 1 N–H and O–H groups in total. The first-order valence-electron chi connectivity index (χ1n) is 6.68. The van der Waals surface area contributed by atoms with Crippen molar-refractivity contribution in [3.8, 4) is 17.4 Å². The lowest BCUT2D eigenvalue weighted by atomic mass is 10.1. The molecule has 0 bridgehead atoms. The van der Waals surface area contributed by atoms with E-state index >= 15 is 0 Å². The fraction of sp³-hybridized carbons (Fsp3) is 0.0588. The zero-order valence-corrected chi connectivity index (χ0v) is 11.8. The van der Waals surface area contributed by atoms with Gasteiger partial charge >= 0.3 is 5.95 Å². The van der Waals surface area contributed by atoms with Gasteiger partial charge in [0.25, 0.3) is 0 Å². The molecule has 0 saturated carbocycles. The molecule has 2 aromatic carbocycles. The van der Waals surface area contributed by atoms with Gasteiger partial charge in [-0.15, -0.1) is 0 Å². The van der Waals surface area contributed by atoms with Crippen LogP contribution in [0.5, 0.6) is 5.95 Å². The lowest BCUT2D eigenvalue weighted by molar-refractivity contribution is 0.337. The third kappa shape index (κ3) is 3.03. The minimum atomic E-state index is -0.376. The minimum Gasteiger partial charge on any atom is -0.479 e. The van der Waals surface area contributed by atoms with Crippen LogP contribution >= 0.6 is 0 Å². The van der Waals surface area contributed by atoms with Crippen LogP contribution in [0.1, 0.15) is 11.3 Å². The lowest BCUT2D eigenvalue weighted by Gasteiger charge is -1.95. The fourth-order valence-corrected chi connectivity index (χ4v) is 1.92. The van der Waals surface area contributed by atoms with E-state index < -0.39 is 0 Å². The predicted octanol–water partition coefficient (Wildman–Crippen LogP) is 4.25. The number of aromatic hydroxyl groups is 1. The maximum absolute atomic E-state index is 13.1. The van der Waals surface area contributed by atoms with Crippen LogP contribution in [0.25, 0.3) is 11.5 Å². The van der Waals surface area contributed by atoms with Crippen molar-refractivity contribution < 1.29 is 13.9 Å². The molecule has 0 spiro atoms. The third-order valence-electron chi connectivity index (χ3n) is 3.08. The van der Waals surface area contributed by atoms with E-state index in [1.807, 2.05) is 31.2 Å². The molecule has 0 radical (unpaired) electrons. The standard InChI is InChI=1S/C17H13FN2O2/c1-11-5-7-12(8-6-11)16-20-15(17(21)22-16)10-19-14-4-2-3-13(18)9-14/h2-10,21H,1H3. The molecule has 3 rings (SSSR count). The van der Waals surface area contributed by atoms with Crippen molar-refractivity contribution in [1.82, 2.24) is 4.98 Å². The van der Waals surface area contributed by atoms with E-state index in [4.69, 9.17) is 4.42 Å². The molecule has 0 unspecified atom stereocenters. The molecule has 5 heteroatoms. The van der Waals surface area contributed by atoms with Crippen LogP contribution < -0.4 is 0 Å². The van der Waals surface area contributed by atoms with Crippen molar-refractivity contribution in [3.05, 3.63) is 65.6 Å². The number of rotatable bonds is 3. The Hall–Kier alpha value is -2.95. The first kappa shape index (κ1) is 14.0. The number of aryl methyl sites for hydroxylation is 1. The number of hydrogen-bond acceptors (Lipinski definition) is 4. The van der Waals surface area contributed by atoms with Gasteiger partial charge in [-0.05, 0) is 37.3 Å². The van der Waals surface area contributed by atoms with Crippen LogP contribution in [0.4, 0.5) is 10.1 Å². The highest BCUT2D eigenvalue weighted by molar-refractivity contribution is 5.82. The second-order valence-electron chi connectivity index (χ2n) is 4.81. The predicted molar refractivity (Wildman–Crippen MR) is 82.0 cm³/mol. The Kier molecular flexibility index (Phi) is 3.70. The molecular formula is C17H13FN2O2. The van der Waals surface area contributed by atoms with Gasteiger partial charge < -0.3 is 9.52 Å². The van der Waals surface area contributed by atoms with Gasteiger partial charge in [0, 0.05) is 5.56 Å². The molecule has 3 aromatic rings. The van der Waals surface area contributed by atoms with Gasteiger partial charge in [-0.2, -0.15) is 0 Å². The Morgan fingerprint density at radius 3 is 2.68 bits per heavy atom. The average Bonchev–Trinajstić information content (AvgIpc) is 2.87. The van der Waals surface area contributed by atoms with Crippen molar-refractivity contribution >= 4 is 11.9 Å². The fourth-order valence-electron chi connectivity index (χ4n) is 1.92. The second-order valence-corrected chi connectivity index (χ2v) is 4.81. The first-order chi connectivity index (χ1) is 10.6. The second kappa shape index (κ2) is 5.81. The molecule has 0 saturated heterocycles. The molecule has 22 heavy (non-hydrogen) atoms. The van der Waals surface area contributed by atoms with E-state index in [1.54, 1.807) is 12.1 Å². The van der Waals surface area contributed by atoms with Crippen LogP contribution in [0.3, 0.4) is 0 Å². The summed E-state index contributed by atoms with van der Waals surface area (Å²) < 4.78 is 18.3. The molecule has 0 amide bonds. The Morgan fingerprint density at radius 2 is 1.95 bits per heavy atom. The van der Waals surface area contributed by atoms with Crippen LogP contribution in [0, 0.1) is 12.7 Å². The summed E-state index contributed by atoms with van der Waals surface area (Å²) in [6.45, 7) is 1.98. The summed E-state index contributed by atoms with van der Waals surface area (Å²) in [5, 5.41) is 9.79. The number of nitrogens with zero attached hydrogens (tertiary/aromatic N) is 2. The van der Waals surface area contributed by atoms with Gasteiger partial charge in [-0.25, -0.2) is 9.37 Å². The number of aliphatic imine (C=N–C) groups is 1. The molecule has 0 aliphatic heterocycles. The SMILES string of the molecule is Cc1ccc(-c2nc(C=Nc3cccc(F)c3)c(O)o2)cc1. The number of benzene rings is 2. The smallest absolute Gasteiger partial charge is 0.312 e. The molecule has 0 atom stereocenters. The van der Waals surface area contributed by atoms with Crippen LogP contribution in [0.2, 0.25) is 0 Å². The maximum Gasteiger partial charge on any atom is 0.312 e. The van der Waals surface area contributed by atoms with Gasteiger partial charge in [0.05, 0.1) is 11.9 Å². The largest absolute Gasteiger partial charge is 0.479 e. The van der Waals surface area contributed by atoms with E-state index in [9.17, 15) is 9.50 Å². The molecule has 4 nitrogen and oxygen atoms in total. The molecule has 0 aliphatic carbocycles. The summed E-state index contributed by atoms with van der Waals surface area (Å²) in [7, 11) is 0. The van der Waals surface area contributed by atoms with Crippen molar-refractivity contribution in [2.75, 3.05) is 0 Å². The summed E-state index contributed by atoms with van der Waals surface area (Å²) >= 11 is 0. The first-order valence-corrected chi connectivity index (χ1v) is 6.68.